The molecule has 0 bridgehead atoms. The van der Waals surface area contributed by atoms with Crippen LogP contribution in [0.5, 0.6) is 0 Å². The number of benzene rings is 1. The van der Waals surface area contributed by atoms with E-state index in [1.54, 1.807) is 27.9 Å². The Morgan fingerprint density at radius 1 is 1.19 bits per heavy atom. The molecule has 1 aromatic carbocycles. The normalized spacial score (nSPS) is 10.7. The Kier molecular flexibility index (Phi) is 5.92. The molecule has 0 atom stereocenters. The largest absolute Gasteiger partial charge is 0.461 e. The van der Waals surface area contributed by atoms with Crippen molar-refractivity contribution in [2.75, 3.05) is 17.2 Å². The van der Waals surface area contributed by atoms with Crippen molar-refractivity contribution in [1.29, 1.82) is 0 Å². The Labute approximate surface area is 160 Å². The number of nitrogens with zero attached hydrogens (tertiary/aromatic N) is 4. The maximum Gasteiger partial charge on any atom is 0.237 e. The lowest BCUT2D eigenvalue weighted by Crippen LogP contribution is -2.35. The minimum atomic E-state index is -0.451. The van der Waals surface area contributed by atoms with Crippen LogP contribution in [0.4, 0.5) is 5.69 Å². The number of rotatable bonds is 8. The third-order valence-corrected chi connectivity index (χ3v) is 4.86. The Hall–Kier alpha value is -3.07. The van der Waals surface area contributed by atoms with Gasteiger partial charge in [0.15, 0.2) is 16.7 Å². The molecule has 0 radical (unpaired) electrons. The first-order chi connectivity index (χ1) is 13.1. The van der Waals surface area contributed by atoms with Gasteiger partial charge in [-0.2, -0.15) is 0 Å². The van der Waals surface area contributed by atoms with Crippen LogP contribution in [0.15, 0.2) is 58.3 Å². The second-order valence-corrected chi connectivity index (χ2v) is 6.67. The maximum atomic E-state index is 12.8. The van der Waals surface area contributed by atoms with E-state index in [2.05, 4.69) is 10.2 Å². The summed E-state index contributed by atoms with van der Waals surface area (Å²) in [7, 11) is 1.81. The summed E-state index contributed by atoms with van der Waals surface area (Å²) in [5, 5.41) is 8.83. The maximum absolute atomic E-state index is 12.8. The van der Waals surface area contributed by atoms with Crippen molar-refractivity contribution < 1.29 is 14.0 Å². The summed E-state index contributed by atoms with van der Waals surface area (Å²) in [6.07, 6.45) is 1.66. The lowest BCUT2D eigenvalue weighted by molar-refractivity contribution is -0.118. The standard InChI is InChI=1S/C18H19N5O3S/c1-22-17(14-8-5-11-26-14)20-21-18(22)27-12-16(25)23(10-9-15(19)24)13-6-3-2-4-7-13/h2-8,11H,9-10,12H2,1H3,(H2,19,24). The molecule has 0 saturated heterocycles. The Bertz CT molecular complexity index is 908. The average Bonchev–Trinajstić information content (AvgIpc) is 3.30. The summed E-state index contributed by atoms with van der Waals surface area (Å²) in [5.41, 5.74) is 5.96. The van der Waals surface area contributed by atoms with Crippen LogP contribution in [0.3, 0.4) is 0 Å². The topological polar surface area (TPSA) is 107 Å². The number of aromatic nitrogens is 3. The van der Waals surface area contributed by atoms with E-state index in [1.165, 1.54) is 11.8 Å². The number of anilines is 1. The van der Waals surface area contributed by atoms with E-state index in [4.69, 9.17) is 10.2 Å². The van der Waals surface area contributed by atoms with Crippen LogP contribution in [0.1, 0.15) is 6.42 Å². The summed E-state index contributed by atoms with van der Waals surface area (Å²) in [6.45, 7) is 0.231. The van der Waals surface area contributed by atoms with Crippen molar-refractivity contribution in [1.82, 2.24) is 14.8 Å². The van der Waals surface area contributed by atoms with Crippen molar-refractivity contribution in [3.8, 4) is 11.6 Å². The molecule has 0 aliphatic carbocycles. The molecule has 27 heavy (non-hydrogen) atoms. The molecule has 8 nitrogen and oxygen atoms in total. The fourth-order valence-electron chi connectivity index (χ4n) is 2.49. The van der Waals surface area contributed by atoms with Crippen LogP contribution >= 0.6 is 11.8 Å². The summed E-state index contributed by atoms with van der Waals surface area (Å²) in [5.74, 6) is 0.750. The molecule has 3 rings (SSSR count). The molecule has 0 unspecified atom stereocenters. The molecular formula is C18H19N5O3S. The van der Waals surface area contributed by atoms with Gasteiger partial charge in [-0.3, -0.25) is 9.59 Å². The second kappa shape index (κ2) is 8.54. The molecule has 2 aromatic heterocycles. The highest BCUT2D eigenvalue weighted by atomic mass is 32.2. The minimum Gasteiger partial charge on any atom is -0.461 e. The predicted molar refractivity (Wildman–Crippen MR) is 102 cm³/mol. The second-order valence-electron chi connectivity index (χ2n) is 5.73. The highest BCUT2D eigenvalue weighted by Gasteiger charge is 2.19. The van der Waals surface area contributed by atoms with Gasteiger partial charge < -0.3 is 19.6 Å². The number of hydrogen-bond acceptors (Lipinski definition) is 6. The highest BCUT2D eigenvalue weighted by Crippen LogP contribution is 2.24. The first-order valence-electron chi connectivity index (χ1n) is 8.26. The van der Waals surface area contributed by atoms with E-state index in [-0.39, 0.29) is 24.6 Å². The van der Waals surface area contributed by atoms with Crippen LogP contribution in [0, 0.1) is 0 Å². The van der Waals surface area contributed by atoms with Gasteiger partial charge in [0.1, 0.15) is 0 Å². The summed E-state index contributed by atoms with van der Waals surface area (Å²) in [4.78, 5) is 25.5. The fourth-order valence-corrected chi connectivity index (χ4v) is 3.28. The number of para-hydroxylation sites is 1. The predicted octanol–water partition coefficient (Wildman–Crippen LogP) is 2.08. The van der Waals surface area contributed by atoms with E-state index in [0.717, 1.165) is 5.69 Å². The van der Waals surface area contributed by atoms with Gasteiger partial charge in [-0.1, -0.05) is 30.0 Å². The van der Waals surface area contributed by atoms with Crippen LogP contribution < -0.4 is 10.6 Å². The lowest BCUT2D eigenvalue weighted by Gasteiger charge is -2.22. The molecule has 0 saturated carbocycles. The molecule has 9 heteroatoms. The Morgan fingerprint density at radius 3 is 2.63 bits per heavy atom. The Morgan fingerprint density at radius 2 is 1.96 bits per heavy atom. The minimum absolute atomic E-state index is 0.0951. The fraction of sp³-hybridized carbons (Fsp3) is 0.222. The Balaban J connectivity index is 1.70. The zero-order valence-electron chi connectivity index (χ0n) is 14.7. The smallest absolute Gasteiger partial charge is 0.237 e. The van der Waals surface area contributed by atoms with E-state index in [0.29, 0.717) is 16.7 Å². The van der Waals surface area contributed by atoms with Crippen molar-refractivity contribution in [2.45, 2.75) is 11.6 Å². The SMILES string of the molecule is Cn1c(SCC(=O)N(CCC(N)=O)c2ccccc2)nnc1-c1ccco1. The van der Waals surface area contributed by atoms with E-state index >= 15 is 0 Å². The van der Waals surface area contributed by atoms with Crippen LogP contribution in [-0.4, -0.2) is 38.9 Å². The molecule has 0 fully saturated rings. The number of furan rings is 1. The van der Waals surface area contributed by atoms with Crippen LogP contribution in [0.2, 0.25) is 0 Å². The number of hydrogen-bond donors (Lipinski definition) is 1. The molecule has 0 aliphatic heterocycles. The van der Waals surface area contributed by atoms with Crippen molar-refractivity contribution in [3.63, 3.8) is 0 Å². The van der Waals surface area contributed by atoms with Crippen molar-refractivity contribution in [3.05, 3.63) is 48.7 Å². The summed E-state index contributed by atoms with van der Waals surface area (Å²) in [6, 6.07) is 12.8. The van der Waals surface area contributed by atoms with E-state index < -0.39 is 5.91 Å². The molecule has 3 aromatic rings. The highest BCUT2D eigenvalue weighted by molar-refractivity contribution is 7.99. The van der Waals surface area contributed by atoms with E-state index in [9.17, 15) is 9.59 Å². The molecular weight excluding hydrogens is 366 g/mol. The average molecular weight is 385 g/mol. The summed E-state index contributed by atoms with van der Waals surface area (Å²) >= 11 is 1.27. The van der Waals surface area contributed by atoms with Crippen molar-refractivity contribution in [2.24, 2.45) is 12.8 Å². The first kappa shape index (κ1) is 18.7. The van der Waals surface area contributed by atoms with Gasteiger partial charge in [-0.15, -0.1) is 10.2 Å². The van der Waals surface area contributed by atoms with Gasteiger partial charge in [0.2, 0.25) is 11.8 Å². The van der Waals surface area contributed by atoms with Gasteiger partial charge in [-0.25, -0.2) is 0 Å². The molecule has 2 N–H and O–H groups in total. The van der Waals surface area contributed by atoms with E-state index in [1.807, 2.05) is 37.4 Å². The van der Waals surface area contributed by atoms with Gasteiger partial charge in [-0.05, 0) is 24.3 Å². The lowest BCUT2D eigenvalue weighted by atomic mass is 10.2. The van der Waals surface area contributed by atoms with Gasteiger partial charge in [0.25, 0.3) is 0 Å². The van der Waals surface area contributed by atoms with Crippen LogP contribution in [0.25, 0.3) is 11.6 Å². The molecule has 2 heterocycles. The third kappa shape index (κ3) is 4.56. The van der Waals surface area contributed by atoms with Crippen molar-refractivity contribution >= 4 is 29.3 Å². The number of primary amides is 1. The molecule has 140 valence electrons. The van der Waals surface area contributed by atoms with Crippen LogP contribution in [-0.2, 0) is 16.6 Å². The monoisotopic (exact) mass is 385 g/mol. The summed E-state index contributed by atoms with van der Waals surface area (Å²) < 4.78 is 7.11. The van der Waals surface area contributed by atoms with Gasteiger partial charge in [0, 0.05) is 25.7 Å². The number of amides is 2. The van der Waals surface area contributed by atoms with Gasteiger partial charge in [0.05, 0.1) is 12.0 Å². The zero-order valence-corrected chi connectivity index (χ0v) is 15.6. The zero-order chi connectivity index (χ0) is 19.2. The number of carbonyl (C=O) groups excluding carboxylic acids is 2. The quantitative estimate of drug-likeness (QED) is 0.595. The molecule has 0 aliphatic rings. The number of carbonyl (C=O) groups is 2. The molecule has 2 amide bonds. The molecule has 0 spiro atoms. The third-order valence-electron chi connectivity index (χ3n) is 3.85. The first-order valence-corrected chi connectivity index (χ1v) is 9.24. The number of nitrogens with two attached hydrogens (primary N) is 1. The number of thioether (sulfide) groups is 1. The van der Waals surface area contributed by atoms with Gasteiger partial charge >= 0.3 is 0 Å².